The zero-order chi connectivity index (χ0) is 12.0. The molecular weight excluding hydrogens is 218 g/mol. The van der Waals surface area contributed by atoms with E-state index < -0.39 is 0 Å². The second-order valence-corrected chi connectivity index (χ2v) is 5.46. The van der Waals surface area contributed by atoms with E-state index in [9.17, 15) is 0 Å². The van der Waals surface area contributed by atoms with Crippen molar-refractivity contribution in [1.29, 1.82) is 5.26 Å². The highest BCUT2D eigenvalue weighted by molar-refractivity contribution is 5.26. The molecule has 0 amide bonds. The molecule has 0 aromatic carbocycles. The molecule has 90 valence electrons. The van der Waals surface area contributed by atoms with E-state index in [2.05, 4.69) is 30.1 Å². The van der Waals surface area contributed by atoms with E-state index in [4.69, 9.17) is 14.5 Å². The summed E-state index contributed by atoms with van der Waals surface area (Å²) in [5.74, 6) is 1.70. The zero-order valence-electron chi connectivity index (χ0n) is 10.0. The molecular formula is C12H15N3O2. The van der Waals surface area contributed by atoms with Crippen LogP contribution in [0.5, 0.6) is 0 Å². The van der Waals surface area contributed by atoms with Gasteiger partial charge in [0, 0.05) is 12.5 Å². The molecule has 1 aliphatic heterocycles. The van der Waals surface area contributed by atoms with Crippen molar-refractivity contribution in [1.82, 2.24) is 10.1 Å². The van der Waals surface area contributed by atoms with Crippen LogP contribution < -0.4 is 0 Å². The van der Waals surface area contributed by atoms with Gasteiger partial charge in [-0.3, -0.25) is 0 Å². The largest absolute Gasteiger partial charge is 0.381 e. The van der Waals surface area contributed by atoms with Crippen LogP contribution in [0.2, 0.25) is 0 Å². The van der Waals surface area contributed by atoms with Gasteiger partial charge in [0.1, 0.15) is 0 Å². The van der Waals surface area contributed by atoms with Crippen molar-refractivity contribution >= 4 is 0 Å². The average Bonchev–Trinajstić information content (AvgIpc) is 2.79. The molecule has 0 spiro atoms. The van der Waals surface area contributed by atoms with E-state index in [0.29, 0.717) is 12.5 Å². The van der Waals surface area contributed by atoms with E-state index in [-0.39, 0.29) is 23.2 Å². The lowest BCUT2D eigenvalue weighted by Gasteiger charge is -1.98. The van der Waals surface area contributed by atoms with E-state index in [1.807, 2.05) is 0 Å². The second-order valence-electron chi connectivity index (χ2n) is 5.46. The molecule has 1 saturated carbocycles. The number of rotatable bonds is 2. The Morgan fingerprint density at radius 3 is 2.88 bits per heavy atom. The van der Waals surface area contributed by atoms with Gasteiger partial charge < -0.3 is 9.26 Å². The first kappa shape index (κ1) is 10.7. The molecule has 0 N–H and O–H groups in total. The maximum Gasteiger partial charge on any atom is 0.231 e. The second kappa shape index (κ2) is 3.54. The SMILES string of the molecule is CC1(C)C(C#N)C1c1nc(C2CCOC2)no1. The summed E-state index contributed by atoms with van der Waals surface area (Å²) in [5, 5.41) is 13.1. The van der Waals surface area contributed by atoms with Gasteiger partial charge in [0.25, 0.3) is 0 Å². The third-order valence-corrected chi connectivity index (χ3v) is 3.98. The Kier molecular flexibility index (Phi) is 2.23. The predicted octanol–water partition coefficient (Wildman–Crippen LogP) is 1.84. The average molecular weight is 233 g/mol. The fourth-order valence-corrected chi connectivity index (χ4v) is 2.62. The lowest BCUT2D eigenvalue weighted by atomic mass is 10.1. The Balaban J connectivity index is 1.80. The first-order valence-electron chi connectivity index (χ1n) is 5.95. The van der Waals surface area contributed by atoms with Crippen LogP contribution in [0.15, 0.2) is 4.52 Å². The Hall–Kier alpha value is -1.41. The summed E-state index contributed by atoms with van der Waals surface area (Å²) in [7, 11) is 0. The zero-order valence-corrected chi connectivity index (χ0v) is 10.0. The predicted molar refractivity (Wildman–Crippen MR) is 58.1 cm³/mol. The van der Waals surface area contributed by atoms with Crippen LogP contribution in [0.1, 0.15) is 43.8 Å². The molecule has 3 unspecified atom stereocenters. The van der Waals surface area contributed by atoms with Crippen LogP contribution in [0.25, 0.3) is 0 Å². The van der Waals surface area contributed by atoms with Gasteiger partial charge in [-0.25, -0.2) is 0 Å². The van der Waals surface area contributed by atoms with Crippen LogP contribution >= 0.6 is 0 Å². The third kappa shape index (κ3) is 1.55. The highest BCUT2D eigenvalue weighted by atomic mass is 16.5. The number of nitrogens with zero attached hydrogens (tertiary/aromatic N) is 3. The molecule has 0 radical (unpaired) electrons. The standard InChI is InChI=1S/C12H15N3O2/c1-12(2)8(5-13)9(12)11-14-10(15-17-11)7-3-4-16-6-7/h7-9H,3-4,6H2,1-2H3. The maximum atomic E-state index is 9.03. The van der Waals surface area contributed by atoms with Crippen molar-refractivity contribution in [3.05, 3.63) is 11.7 Å². The number of hydrogen-bond acceptors (Lipinski definition) is 5. The molecule has 1 aromatic heterocycles. The minimum absolute atomic E-state index is 0.00405. The minimum Gasteiger partial charge on any atom is -0.381 e. The summed E-state index contributed by atoms with van der Waals surface area (Å²) in [6.07, 6.45) is 0.953. The van der Waals surface area contributed by atoms with Crippen molar-refractivity contribution < 1.29 is 9.26 Å². The fraction of sp³-hybridized carbons (Fsp3) is 0.750. The van der Waals surface area contributed by atoms with E-state index >= 15 is 0 Å². The van der Waals surface area contributed by atoms with Crippen molar-refractivity contribution in [3.63, 3.8) is 0 Å². The third-order valence-electron chi connectivity index (χ3n) is 3.98. The summed E-state index contributed by atoms with van der Waals surface area (Å²) < 4.78 is 10.6. The number of nitriles is 1. The van der Waals surface area contributed by atoms with Crippen molar-refractivity contribution in [2.75, 3.05) is 13.2 Å². The first-order chi connectivity index (χ1) is 8.14. The van der Waals surface area contributed by atoms with Gasteiger partial charge in [-0.15, -0.1) is 0 Å². The molecule has 3 atom stereocenters. The van der Waals surface area contributed by atoms with Gasteiger partial charge in [0.15, 0.2) is 5.82 Å². The Morgan fingerprint density at radius 2 is 2.29 bits per heavy atom. The van der Waals surface area contributed by atoms with E-state index in [1.165, 1.54) is 0 Å². The molecule has 5 nitrogen and oxygen atoms in total. The lowest BCUT2D eigenvalue weighted by Crippen LogP contribution is -2.00. The van der Waals surface area contributed by atoms with Crippen molar-refractivity contribution in [2.45, 2.75) is 32.1 Å². The Labute approximate surface area is 99.8 Å². The monoisotopic (exact) mass is 233 g/mol. The fourth-order valence-electron chi connectivity index (χ4n) is 2.62. The molecule has 0 bridgehead atoms. The van der Waals surface area contributed by atoms with Crippen LogP contribution in [0.4, 0.5) is 0 Å². The van der Waals surface area contributed by atoms with Crippen LogP contribution in [0, 0.1) is 22.7 Å². The maximum absolute atomic E-state index is 9.03. The van der Waals surface area contributed by atoms with Gasteiger partial charge in [-0.05, 0) is 11.8 Å². The molecule has 2 fully saturated rings. The normalized spacial score (nSPS) is 34.5. The van der Waals surface area contributed by atoms with Crippen LogP contribution in [-0.2, 0) is 4.74 Å². The Bertz CT molecular complexity index is 468. The number of ether oxygens (including phenoxy) is 1. The van der Waals surface area contributed by atoms with Crippen LogP contribution in [0.3, 0.4) is 0 Å². The molecule has 5 heteroatoms. The molecule has 1 aromatic rings. The molecule has 1 saturated heterocycles. The molecule has 1 aliphatic carbocycles. The van der Waals surface area contributed by atoms with Gasteiger partial charge in [0.05, 0.1) is 24.5 Å². The summed E-state index contributed by atoms with van der Waals surface area (Å²) >= 11 is 0. The summed E-state index contributed by atoms with van der Waals surface area (Å²) in [4.78, 5) is 4.44. The lowest BCUT2D eigenvalue weighted by molar-refractivity contribution is 0.192. The van der Waals surface area contributed by atoms with Gasteiger partial charge in [0.2, 0.25) is 5.89 Å². The molecule has 2 heterocycles. The summed E-state index contributed by atoms with van der Waals surface area (Å²) in [6, 6.07) is 2.30. The first-order valence-corrected chi connectivity index (χ1v) is 5.95. The summed E-state index contributed by atoms with van der Waals surface area (Å²) in [6.45, 7) is 5.57. The number of hydrogen-bond donors (Lipinski definition) is 0. The Morgan fingerprint density at radius 1 is 1.47 bits per heavy atom. The van der Waals surface area contributed by atoms with Crippen LogP contribution in [-0.4, -0.2) is 23.4 Å². The van der Waals surface area contributed by atoms with Crippen molar-refractivity contribution in [2.24, 2.45) is 11.3 Å². The highest BCUT2D eigenvalue weighted by Gasteiger charge is 2.62. The van der Waals surface area contributed by atoms with E-state index in [0.717, 1.165) is 18.9 Å². The summed E-state index contributed by atoms with van der Waals surface area (Å²) in [5.41, 5.74) is -0.0370. The van der Waals surface area contributed by atoms with E-state index in [1.54, 1.807) is 0 Å². The quantitative estimate of drug-likeness (QED) is 0.779. The minimum atomic E-state index is -0.0370. The van der Waals surface area contributed by atoms with Gasteiger partial charge >= 0.3 is 0 Å². The topological polar surface area (TPSA) is 71.9 Å². The number of aromatic nitrogens is 2. The van der Waals surface area contributed by atoms with Gasteiger partial charge in [-0.1, -0.05) is 19.0 Å². The molecule has 2 aliphatic rings. The molecule has 17 heavy (non-hydrogen) atoms. The van der Waals surface area contributed by atoms with Gasteiger partial charge in [-0.2, -0.15) is 10.2 Å². The van der Waals surface area contributed by atoms with Crippen molar-refractivity contribution in [3.8, 4) is 6.07 Å². The molecule has 3 rings (SSSR count). The smallest absolute Gasteiger partial charge is 0.231 e. The highest BCUT2D eigenvalue weighted by Crippen LogP contribution is 2.63.